The van der Waals surface area contributed by atoms with Crippen LogP contribution in [0.2, 0.25) is 26.2 Å². The summed E-state index contributed by atoms with van der Waals surface area (Å²) in [7, 11) is -4.27. The van der Waals surface area contributed by atoms with E-state index in [1.807, 2.05) is 0 Å². The Morgan fingerprint density at radius 3 is 0.750 bits per heavy atom. The molecule has 2 aliphatic rings. The molecule has 0 saturated carbocycles. The van der Waals surface area contributed by atoms with Crippen LogP contribution in [0.1, 0.15) is 0 Å². The summed E-state index contributed by atoms with van der Waals surface area (Å²) in [6, 6.07) is 96.0. The maximum Gasteiger partial charge on any atom is 0.160 e. The van der Waals surface area contributed by atoms with Crippen LogP contribution in [0.3, 0.4) is 0 Å². The highest BCUT2D eigenvalue weighted by atomic mass is 28.3. The molecule has 0 atom stereocenters. The summed E-state index contributed by atoms with van der Waals surface area (Å²) in [4.78, 5) is 26.9. The number of hydrogen-bond donors (Lipinski definition) is 0. The lowest BCUT2D eigenvalue weighted by Crippen LogP contribution is -2.58. The van der Waals surface area contributed by atoms with Gasteiger partial charge in [-0.15, -0.1) is 0 Å². The molecule has 0 spiro atoms. The van der Waals surface area contributed by atoms with Gasteiger partial charge in [0.2, 0.25) is 0 Å². The first kappa shape index (κ1) is 48.7. The van der Waals surface area contributed by atoms with E-state index in [0.29, 0.717) is 11.6 Å². The van der Waals surface area contributed by atoms with Gasteiger partial charge in [-0.25, -0.2) is 19.9 Å². The largest absolute Gasteiger partial charge is 0.311 e. The van der Waals surface area contributed by atoms with Gasteiger partial charge in [0.1, 0.15) is 16.1 Å². The van der Waals surface area contributed by atoms with Gasteiger partial charge in [-0.05, 0) is 105 Å². The molecule has 0 radical (unpaired) electrons. The maximum atomic E-state index is 5.48. The first-order valence-electron chi connectivity index (χ1n) is 27.5. The van der Waals surface area contributed by atoms with E-state index in [4.69, 9.17) is 19.9 Å². The minimum absolute atomic E-state index is 0.635. The van der Waals surface area contributed by atoms with E-state index < -0.39 is 16.1 Å². The molecule has 10 aromatic carbocycles. The fraction of sp³-hybridized carbons (Fsp3) is 0.0556. The van der Waals surface area contributed by atoms with Crippen molar-refractivity contribution in [1.82, 2.24) is 19.9 Å². The molecule has 382 valence electrons. The van der Waals surface area contributed by atoms with Crippen molar-refractivity contribution in [3.8, 4) is 78.9 Å². The molecule has 0 N–H and O–H groups in total. The van der Waals surface area contributed by atoms with E-state index in [9.17, 15) is 0 Å². The molecule has 2 aromatic heterocycles. The monoisotopic (exact) mass is 1060 g/mol. The fourth-order valence-corrected chi connectivity index (χ4v) is 18.1. The van der Waals surface area contributed by atoms with E-state index in [0.717, 1.165) is 78.7 Å². The van der Waals surface area contributed by atoms with Crippen LogP contribution in [0.15, 0.2) is 267 Å². The van der Waals surface area contributed by atoms with Crippen molar-refractivity contribution in [3.63, 3.8) is 0 Å². The highest BCUT2D eigenvalue weighted by Crippen LogP contribution is 2.46. The zero-order valence-corrected chi connectivity index (χ0v) is 47.1. The van der Waals surface area contributed by atoms with Gasteiger partial charge in [-0.3, -0.25) is 0 Å². The number of benzene rings is 10. The average Bonchev–Trinajstić information content (AvgIpc) is 3.66. The first-order valence-corrected chi connectivity index (χ1v) is 33.5. The number of rotatable bonds is 9. The summed E-state index contributed by atoms with van der Waals surface area (Å²) in [5, 5.41) is 5.56. The van der Waals surface area contributed by atoms with Crippen molar-refractivity contribution < 1.29 is 0 Å². The Hall–Kier alpha value is -9.61. The van der Waals surface area contributed by atoms with Gasteiger partial charge in [0.05, 0.1) is 22.8 Å². The third kappa shape index (κ3) is 8.57. The quantitative estimate of drug-likeness (QED) is 0.134. The molecule has 0 bridgehead atoms. The number of nitrogens with zero attached hydrogens (tertiary/aromatic N) is 6. The van der Waals surface area contributed by atoms with Crippen LogP contribution in [-0.2, 0) is 0 Å². The second-order valence-corrected chi connectivity index (χ2v) is 30.6. The zero-order chi connectivity index (χ0) is 54.0. The summed E-state index contributed by atoms with van der Waals surface area (Å²) < 4.78 is 0. The Balaban J connectivity index is 1.07. The molecule has 80 heavy (non-hydrogen) atoms. The van der Waals surface area contributed by atoms with Crippen LogP contribution >= 0.6 is 0 Å². The number of aromatic nitrogens is 4. The van der Waals surface area contributed by atoms with Crippen LogP contribution in [0.5, 0.6) is 0 Å². The van der Waals surface area contributed by atoms with Gasteiger partial charge in [0.15, 0.2) is 11.6 Å². The molecule has 14 rings (SSSR count). The third-order valence-electron chi connectivity index (χ3n) is 16.2. The van der Waals surface area contributed by atoms with E-state index in [1.54, 1.807) is 0 Å². The molecular formula is C72H56N6Si2. The predicted molar refractivity (Wildman–Crippen MR) is 339 cm³/mol. The third-order valence-corrected chi connectivity index (χ3v) is 23.3. The Labute approximate surface area is 470 Å². The van der Waals surface area contributed by atoms with Crippen molar-refractivity contribution in [2.75, 3.05) is 9.80 Å². The van der Waals surface area contributed by atoms with Crippen molar-refractivity contribution >= 4 is 71.0 Å². The molecular weight excluding hydrogens is 1010 g/mol. The second-order valence-electron chi connectivity index (χ2n) is 21.9. The van der Waals surface area contributed by atoms with Crippen molar-refractivity contribution in [2.45, 2.75) is 26.2 Å². The molecule has 0 saturated heterocycles. The second kappa shape index (κ2) is 19.7. The van der Waals surface area contributed by atoms with E-state index >= 15 is 0 Å². The summed E-state index contributed by atoms with van der Waals surface area (Å²) in [6.07, 6.45) is 0. The van der Waals surface area contributed by atoms with Crippen LogP contribution in [0.4, 0.5) is 34.1 Å². The predicted octanol–water partition coefficient (Wildman–Crippen LogP) is 16.1. The van der Waals surface area contributed by atoms with Gasteiger partial charge in [-0.2, -0.15) is 0 Å². The van der Waals surface area contributed by atoms with Gasteiger partial charge < -0.3 is 9.80 Å². The maximum absolute atomic E-state index is 5.48. The minimum Gasteiger partial charge on any atom is -0.311 e. The molecule has 12 aromatic rings. The highest BCUT2D eigenvalue weighted by Gasteiger charge is 2.40. The Morgan fingerprint density at radius 1 is 0.237 bits per heavy atom. The molecule has 4 heterocycles. The molecule has 0 fully saturated rings. The summed E-state index contributed by atoms with van der Waals surface area (Å²) >= 11 is 0. The first-order chi connectivity index (χ1) is 39.2. The fourth-order valence-electron chi connectivity index (χ4n) is 12.1. The molecule has 0 aliphatic carbocycles. The number of anilines is 6. The summed E-state index contributed by atoms with van der Waals surface area (Å²) in [5.74, 6) is 1.27. The van der Waals surface area contributed by atoms with E-state index in [1.165, 1.54) is 43.5 Å². The molecule has 0 unspecified atom stereocenters. The highest BCUT2D eigenvalue weighted by molar-refractivity contribution is 7.03. The van der Waals surface area contributed by atoms with Crippen LogP contribution in [0, 0.1) is 0 Å². The zero-order valence-electron chi connectivity index (χ0n) is 45.1. The Kier molecular flexibility index (Phi) is 12.0. The number of para-hydroxylation sites is 4. The van der Waals surface area contributed by atoms with Crippen molar-refractivity contribution in [2.24, 2.45) is 0 Å². The van der Waals surface area contributed by atoms with E-state index in [2.05, 4.69) is 303 Å². The lowest BCUT2D eigenvalue weighted by molar-refractivity contribution is 1.18. The lowest BCUT2D eigenvalue weighted by Gasteiger charge is -2.41. The molecule has 0 amide bonds. The van der Waals surface area contributed by atoms with Gasteiger partial charge in [0, 0.05) is 67.5 Å². The number of hydrogen-bond acceptors (Lipinski definition) is 6. The molecule has 6 nitrogen and oxygen atoms in total. The molecule has 2 aliphatic heterocycles. The Bertz CT molecular complexity index is 3830. The minimum atomic E-state index is -2.13. The van der Waals surface area contributed by atoms with Gasteiger partial charge in [0.25, 0.3) is 0 Å². The van der Waals surface area contributed by atoms with Crippen molar-refractivity contribution in [3.05, 3.63) is 267 Å². The topological polar surface area (TPSA) is 58.0 Å². The lowest BCUT2D eigenvalue weighted by atomic mass is 9.96. The van der Waals surface area contributed by atoms with Crippen LogP contribution in [-0.4, -0.2) is 36.1 Å². The standard InChI is InChI=1S/C72H56N6Si2/c1-79(2)67-37-21-17-33-63(67)77(64-34-18-22-38-68(64)79)57-43-53(41-55(45-57)71-73-59(49-25-9-5-10-26-49)47-60(74-71)50-27-11-6-12-28-50)54-42-56(72-75-61(51-29-13-7-14-30-51)48-62(76-72)52-31-15-8-16-32-52)46-58(44-54)78-65-35-19-23-39-69(65)80(3,4)70-40-24-20-36-66(70)78/h5-48H,1-4H3. The SMILES string of the molecule is C[Si]1(C)c2ccccc2N(c2cc(-c3cc(-c4nc(-c5ccccc5)cc(-c5ccccc5)n4)cc(N4c5ccccc5[Si](C)(C)c5ccccc54)c3)cc(-c3nc(-c4ccccc4)cc(-c4ccccc4)n3)c2)c2ccccc21. The van der Waals surface area contributed by atoms with Gasteiger partial charge >= 0.3 is 0 Å². The smallest absolute Gasteiger partial charge is 0.160 e. The Morgan fingerprint density at radius 2 is 0.475 bits per heavy atom. The normalized spacial score (nSPS) is 13.7. The average molecular weight is 1060 g/mol. The van der Waals surface area contributed by atoms with Gasteiger partial charge in [-0.1, -0.05) is 220 Å². The summed E-state index contributed by atoms with van der Waals surface area (Å²) in [6.45, 7) is 9.90. The van der Waals surface area contributed by atoms with Crippen LogP contribution < -0.4 is 30.5 Å². The van der Waals surface area contributed by atoms with Crippen molar-refractivity contribution in [1.29, 1.82) is 0 Å². The number of fused-ring (bicyclic) bond motifs is 4. The molecule has 8 heteroatoms. The van der Waals surface area contributed by atoms with Crippen LogP contribution in [0.25, 0.3) is 78.9 Å². The van der Waals surface area contributed by atoms with E-state index in [-0.39, 0.29) is 0 Å². The summed E-state index contributed by atoms with van der Waals surface area (Å²) in [5.41, 5.74) is 18.1.